The molecule has 11 heteroatoms. The monoisotopic (exact) mass is 382 g/mol. The van der Waals surface area contributed by atoms with Gasteiger partial charge in [0.25, 0.3) is 5.91 Å². The van der Waals surface area contributed by atoms with Crippen LogP contribution < -0.4 is 15.6 Å². The Labute approximate surface area is 151 Å². The van der Waals surface area contributed by atoms with E-state index >= 15 is 0 Å². The van der Waals surface area contributed by atoms with Crippen molar-refractivity contribution < 1.29 is 28.2 Å². The normalized spacial score (nSPS) is 19.5. The number of carbonyl (C=O) groups is 3. The van der Waals surface area contributed by atoms with Crippen molar-refractivity contribution in [1.82, 2.24) is 10.7 Å². The van der Waals surface area contributed by atoms with Crippen LogP contribution in [0.1, 0.15) is 5.56 Å². The fraction of sp³-hybridized carbons (Fsp3) is 0.333. The topological polar surface area (TPSA) is 109 Å². The summed E-state index contributed by atoms with van der Waals surface area (Å²) in [6, 6.07) is 4.25. The lowest BCUT2D eigenvalue weighted by atomic mass is 10.2. The number of methoxy groups -OCH3 is 1. The van der Waals surface area contributed by atoms with E-state index in [2.05, 4.69) is 20.6 Å². The predicted octanol–water partition coefficient (Wildman–Crippen LogP) is 1.03. The number of anilines is 1. The van der Waals surface area contributed by atoms with E-state index in [1.54, 1.807) is 6.07 Å². The van der Waals surface area contributed by atoms with Gasteiger partial charge < -0.3 is 14.8 Å². The van der Waals surface area contributed by atoms with Gasteiger partial charge in [0, 0.05) is 5.56 Å². The predicted molar refractivity (Wildman–Crippen MR) is 91.6 cm³/mol. The highest BCUT2D eigenvalue weighted by Gasteiger charge is 2.33. The minimum atomic E-state index is -0.634. The van der Waals surface area contributed by atoms with Gasteiger partial charge in [-0.15, -0.1) is 0 Å². The molecule has 1 aromatic carbocycles. The van der Waals surface area contributed by atoms with Crippen molar-refractivity contribution in [2.45, 2.75) is 6.10 Å². The first-order chi connectivity index (χ1) is 12.5. The SMILES string of the molecule is COC(=O)NC[C@H]1CN(c2ccc(C3=NNC(=O)CS3)c(F)c2)C(=O)O1. The lowest BCUT2D eigenvalue weighted by Gasteiger charge is -2.16. The first kappa shape index (κ1) is 18.0. The molecule has 1 fully saturated rings. The van der Waals surface area contributed by atoms with Crippen LogP contribution in [0.15, 0.2) is 23.3 Å². The maximum absolute atomic E-state index is 14.4. The first-order valence-electron chi connectivity index (χ1n) is 7.57. The number of carbonyl (C=O) groups excluding carboxylic acids is 3. The van der Waals surface area contributed by atoms with Gasteiger partial charge in [-0.25, -0.2) is 19.4 Å². The number of hydrogen-bond donors (Lipinski definition) is 2. The third-order valence-electron chi connectivity index (χ3n) is 3.65. The van der Waals surface area contributed by atoms with Crippen LogP contribution in [0.2, 0.25) is 0 Å². The van der Waals surface area contributed by atoms with E-state index in [9.17, 15) is 18.8 Å². The molecule has 1 aromatic rings. The summed E-state index contributed by atoms with van der Waals surface area (Å²) in [5.74, 6) is -0.663. The van der Waals surface area contributed by atoms with Crippen molar-refractivity contribution in [3.8, 4) is 0 Å². The Bertz CT molecular complexity index is 787. The molecule has 0 saturated carbocycles. The van der Waals surface area contributed by atoms with Crippen LogP contribution in [0.3, 0.4) is 0 Å². The number of hydrazone groups is 1. The average molecular weight is 382 g/mol. The number of rotatable bonds is 4. The maximum Gasteiger partial charge on any atom is 0.414 e. The number of nitrogens with zero attached hydrogens (tertiary/aromatic N) is 2. The van der Waals surface area contributed by atoms with E-state index in [-0.39, 0.29) is 30.3 Å². The molecular weight excluding hydrogens is 367 g/mol. The fourth-order valence-corrected chi connectivity index (χ4v) is 3.17. The molecule has 0 aliphatic carbocycles. The Morgan fingerprint density at radius 1 is 1.54 bits per heavy atom. The summed E-state index contributed by atoms with van der Waals surface area (Å²) in [7, 11) is 1.23. The first-order valence-corrected chi connectivity index (χ1v) is 8.55. The summed E-state index contributed by atoms with van der Waals surface area (Å²) < 4.78 is 24.0. The number of hydrogen-bond acceptors (Lipinski definition) is 7. The van der Waals surface area contributed by atoms with E-state index in [1.807, 2.05) is 0 Å². The molecule has 2 aliphatic heterocycles. The van der Waals surface area contributed by atoms with Crippen LogP contribution in [0.25, 0.3) is 0 Å². The zero-order chi connectivity index (χ0) is 18.7. The summed E-state index contributed by atoms with van der Waals surface area (Å²) in [6.45, 7) is 0.246. The van der Waals surface area contributed by atoms with Gasteiger partial charge in [0.1, 0.15) is 17.0 Å². The van der Waals surface area contributed by atoms with Crippen LogP contribution >= 0.6 is 11.8 Å². The van der Waals surface area contributed by atoms with E-state index in [1.165, 1.54) is 24.1 Å². The Morgan fingerprint density at radius 3 is 3.00 bits per heavy atom. The number of amides is 3. The molecule has 138 valence electrons. The van der Waals surface area contributed by atoms with Crippen molar-refractivity contribution in [3.05, 3.63) is 29.6 Å². The second-order valence-electron chi connectivity index (χ2n) is 5.39. The van der Waals surface area contributed by atoms with Crippen molar-refractivity contribution in [2.24, 2.45) is 5.10 Å². The molecule has 0 radical (unpaired) electrons. The second kappa shape index (κ2) is 7.60. The Kier molecular flexibility index (Phi) is 5.26. The van der Waals surface area contributed by atoms with Crippen molar-refractivity contribution in [3.63, 3.8) is 0 Å². The van der Waals surface area contributed by atoms with Gasteiger partial charge in [0.15, 0.2) is 0 Å². The second-order valence-corrected chi connectivity index (χ2v) is 6.36. The number of alkyl carbamates (subject to hydrolysis) is 1. The lowest BCUT2D eigenvalue weighted by Crippen LogP contribution is -2.34. The summed E-state index contributed by atoms with van der Waals surface area (Å²) in [5, 5.41) is 6.63. The van der Waals surface area contributed by atoms with Crippen molar-refractivity contribution >= 4 is 40.6 Å². The third-order valence-corrected chi connectivity index (χ3v) is 4.64. The molecule has 26 heavy (non-hydrogen) atoms. The van der Waals surface area contributed by atoms with Gasteiger partial charge in [-0.05, 0) is 18.2 Å². The summed E-state index contributed by atoms with van der Waals surface area (Å²) in [6.07, 6.45) is -1.84. The standard InChI is InChI=1S/C15H15FN4O5S/c1-24-14(22)17-5-9-6-20(15(23)25-9)8-2-3-10(11(16)4-8)13-19-18-12(21)7-26-13/h2-4,9H,5-7H2,1H3,(H,17,22)(H,18,21)/t9-/m0/s1. The number of ether oxygens (including phenoxy) is 2. The Balaban J connectivity index is 1.70. The minimum Gasteiger partial charge on any atom is -0.453 e. The minimum absolute atomic E-state index is 0.0859. The summed E-state index contributed by atoms with van der Waals surface area (Å²) in [4.78, 5) is 35.5. The summed E-state index contributed by atoms with van der Waals surface area (Å²) in [5.41, 5.74) is 2.85. The van der Waals surface area contributed by atoms with Crippen LogP contribution in [-0.2, 0) is 14.3 Å². The van der Waals surface area contributed by atoms with Crippen molar-refractivity contribution in [1.29, 1.82) is 0 Å². The maximum atomic E-state index is 14.4. The number of halogens is 1. The van der Waals surface area contributed by atoms with Gasteiger partial charge in [-0.3, -0.25) is 9.69 Å². The van der Waals surface area contributed by atoms with E-state index in [4.69, 9.17) is 4.74 Å². The zero-order valence-corrected chi connectivity index (χ0v) is 14.5. The van der Waals surface area contributed by atoms with Gasteiger partial charge in [-0.2, -0.15) is 5.10 Å². The van der Waals surface area contributed by atoms with Crippen LogP contribution in [0, 0.1) is 5.82 Å². The van der Waals surface area contributed by atoms with Crippen molar-refractivity contribution in [2.75, 3.05) is 30.9 Å². The van der Waals surface area contributed by atoms with Crippen LogP contribution in [0.4, 0.5) is 19.7 Å². The van der Waals surface area contributed by atoms with Gasteiger partial charge >= 0.3 is 12.2 Å². The number of benzene rings is 1. The molecule has 1 saturated heterocycles. The van der Waals surface area contributed by atoms with Crippen LogP contribution in [0.5, 0.6) is 0 Å². The number of nitrogens with one attached hydrogen (secondary N) is 2. The molecule has 0 bridgehead atoms. The summed E-state index contributed by atoms with van der Waals surface area (Å²) >= 11 is 1.13. The smallest absolute Gasteiger partial charge is 0.414 e. The fourth-order valence-electron chi connectivity index (χ4n) is 2.40. The lowest BCUT2D eigenvalue weighted by molar-refractivity contribution is -0.118. The van der Waals surface area contributed by atoms with Gasteiger partial charge in [-0.1, -0.05) is 11.8 Å². The molecule has 0 unspecified atom stereocenters. The molecule has 2 N–H and O–H groups in total. The highest BCUT2D eigenvalue weighted by Crippen LogP contribution is 2.26. The van der Waals surface area contributed by atoms with Gasteiger partial charge in [0.2, 0.25) is 0 Å². The van der Waals surface area contributed by atoms with E-state index < -0.39 is 24.1 Å². The molecule has 2 heterocycles. The van der Waals surface area contributed by atoms with Gasteiger partial charge in [0.05, 0.1) is 31.6 Å². The molecule has 0 spiro atoms. The Hall–Kier alpha value is -2.82. The molecular formula is C15H15FN4O5S. The largest absolute Gasteiger partial charge is 0.453 e. The molecule has 2 aliphatic rings. The third kappa shape index (κ3) is 3.87. The Morgan fingerprint density at radius 2 is 2.35 bits per heavy atom. The van der Waals surface area contributed by atoms with Crippen LogP contribution in [-0.4, -0.2) is 55.2 Å². The highest BCUT2D eigenvalue weighted by atomic mass is 32.2. The quantitative estimate of drug-likeness (QED) is 0.805. The number of cyclic esters (lactones) is 1. The molecule has 9 nitrogen and oxygen atoms in total. The molecule has 0 aromatic heterocycles. The number of thioether (sulfide) groups is 1. The highest BCUT2D eigenvalue weighted by molar-refractivity contribution is 8.15. The van der Waals surface area contributed by atoms with E-state index in [0.29, 0.717) is 10.7 Å². The zero-order valence-electron chi connectivity index (χ0n) is 13.7. The average Bonchev–Trinajstić information content (AvgIpc) is 3.01. The van der Waals surface area contributed by atoms with E-state index in [0.717, 1.165) is 11.8 Å². The molecule has 1 atom stereocenters. The molecule has 3 amide bonds. The molecule has 3 rings (SSSR count).